The Bertz CT molecular complexity index is 147. The van der Waals surface area contributed by atoms with Crippen molar-refractivity contribution < 1.29 is 0 Å². The second kappa shape index (κ2) is 4.97. The van der Waals surface area contributed by atoms with Crippen molar-refractivity contribution in [2.75, 3.05) is 20.1 Å². The van der Waals surface area contributed by atoms with Crippen molar-refractivity contribution in [2.24, 2.45) is 17.6 Å². The molecule has 1 fully saturated rings. The Labute approximate surface area is 82.5 Å². The maximum Gasteiger partial charge on any atom is 0.0167 e. The molecule has 0 bridgehead atoms. The van der Waals surface area contributed by atoms with Gasteiger partial charge < -0.3 is 10.6 Å². The molecule has 1 aliphatic rings. The SMILES string of the molecule is CCCC(N)CN(C)CC1CC1C. The van der Waals surface area contributed by atoms with Crippen LogP contribution in [0.4, 0.5) is 0 Å². The van der Waals surface area contributed by atoms with E-state index in [9.17, 15) is 0 Å². The highest BCUT2D eigenvalue weighted by atomic mass is 15.1. The van der Waals surface area contributed by atoms with Gasteiger partial charge in [0.15, 0.2) is 0 Å². The summed E-state index contributed by atoms with van der Waals surface area (Å²) < 4.78 is 0. The first-order valence-electron chi connectivity index (χ1n) is 5.57. The second-order valence-corrected chi connectivity index (χ2v) is 4.74. The lowest BCUT2D eigenvalue weighted by atomic mass is 10.1. The van der Waals surface area contributed by atoms with Crippen LogP contribution in [0.15, 0.2) is 0 Å². The molecule has 0 aromatic carbocycles. The Morgan fingerprint density at radius 1 is 1.54 bits per heavy atom. The van der Waals surface area contributed by atoms with Gasteiger partial charge in [-0.15, -0.1) is 0 Å². The Hall–Kier alpha value is -0.0800. The van der Waals surface area contributed by atoms with Gasteiger partial charge in [0, 0.05) is 19.1 Å². The molecule has 2 N–H and O–H groups in total. The van der Waals surface area contributed by atoms with Gasteiger partial charge in [0.2, 0.25) is 0 Å². The van der Waals surface area contributed by atoms with Gasteiger partial charge >= 0.3 is 0 Å². The molecule has 0 saturated heterocycles. The first-order valence-corrected chi connectivity index (χ1v) is 5.57. The van der Waals surface area contributed by atoms with E-state index in [0.717, 1.165) is 24.8 Å². The molecule has 78 valence electrons. The van der Waals surface area contributed by atoms with Crippen molar-refractivity contribution in [2.45, 2.75) is 39.2 Å². The molecule has 3 unspecified atom stereocenters. The smallest absolute Gasteiger partial charge is 0.0167 e. The van der Waals surface area contributed by atoms with Crippen LogP contribution in [0.2, 0.25) is 0 Å². The van der Waals surface area contributed by atoms with Gasteiger partial charge in [-0.3, -0.25) is 0 Å². The molecule has 1 aliphatic carbocycles. The number of nitrogens with two attached hydrogens (primary N) is 1. The van der Waals surface area contributed by atoms with E-state index in [1.807, 2.05) is 0 Å². The van der Waals surface area contributed by atoms with Crippen LogP contribution in [-0.4, -0.2) is 31.1 Å². The molecule has 0 amide bonds. The van der Waals surface area contributed by atoms with Crippen LogP contribution in [0.25, 0.3) is 0 Å². The predicted octanol–water partition coefficient (Wildman–Crippen LogP) is 1.70. The highest BCUT2D eigenvalue weighted by molar-refractivity contribution is 4.85. The van der Waals surface area contributed by atoms with E-state index in [0.29, 0.717) is 6.04 Å². The minimum Gasteiger partial charge on any atom is -0.327 e. The van der Waals surface area contributed by atoms with Crippen LogP contribution in [0.3, 0.4) is 0 Å². The van der Waals surface area contributed by atoms with Gasteiger partial charge in [-0.1, -0.05) is 20.3 Å². The Morgan fingerprint density at radius 2 is 2.15 bits per heavy atom. The van der Waals surface area contributed by atoms with Crippen molar-refractivity contribution in [3.8, 4) is 0 Å². The highest BCUT2D eigenvalue weighted by Crippen LogP contribution is 2.37. The molecule has 2 heteroatoms. The summed E-state index contributed by atoms with van der Waals surface area (Å²) in [5, 5.41) is 0. The zero-order valence-corrected chi connectivity index (χ0v) is 9.29. The van der Waals surface area contributed by atoms with Crippen LogP contribution in [0.5, 0.6) is 0 Å². The lowest BCUT2D eigenvalue weighted by Crippen LogP contribution is -2.36. The lowest BCUT2D eigenvalue weighted by Gasteiger charge is -2.20. The van der Waals surface area contributed by atoms with Gasteiger partial charge in [0.05, 0.1) is 0 Å². The summed E-state index contributed by atoms with van der Waals surface area (Å²) in [4.78, 5) is 2.40. The number of hydrogen-bond acceptors (Lipinski definition) is 2. The molecule has 0 radical (unpaired) electrons. The van der Waals surface area contributed by atoms with E-state index in [4.69, 9.17) is 5.73 Å². The molecule has 0 aromatic heterocycles. The summed E-state index contributed by atoms with van der Waals surface area (Å²) in [5.74, 6) is 1.92. The molecular weight excluding hydrogens is 160 g/mol. The van der Waals surface area contributed by atoms with Crippen molar-refractivity contribution in [1.29, 1.82) is 0 Å². The summed E-state index contributed by atoms with van der Waals surface area (Å²) in [7, 11) is 2.19. The van der Waals surface area contributed by atoms with E-state index in [1.54, 1.807) is 0 Å². The second-order valence-electron chi connectivity index (χ2n) is 4.74. The first kappa shape index (κ1) is 11.0. The van der Waals surface area contributed by atoms with Gasteiger partial charge in [-0.25, -0.2) is 0 Å². The third-order valence-electron chi connectivity index (χ3n) is 3.03. The molecule has 1 rings (SSSR count). The van der Waals surface area contributed by atoms with Crippen molar-refractivity contribution in [3.63, 3.8) is 0 Å². The normalized spacial score (nSPS) is 29.3. The summed E-state index contributed by atoms with van der Waals surface area (Å²) in [6.45, 7) is 6.85. The summed E-state index contributed by atoms with van der Waals surface area (Å²) in [6.07, 6.45) is 3.78. The van der Waals surface area contributed by atoms with E-state index in [2.05, 4.69) is 25.8 Å². The number of likely N-dealkylation sites (N-methyl/N-ethyl adjacent to an activating group) is 1. The minimum atomic E-state index is 0.379. The van der Waals surface area contributed by atoms with Crippen molar-refractivity contribution in [1.82, 2.24) is 4.90 Å². The first-order chi connectivity index (χ1) is 6.13. The predicted molar refractivity (Wildman–Crippen MR) is 57.7 cm³/mol. The Kier molecular flexibility index (Phi) is 4.20. The van der Waals surface area contributed by atoms with Gasteiger partial charge in [0.1, 0.15) is 0 Å². The molecule has 0 aliphatic heterocycles. The van der Waals surface area contributed by atoms with Crippen LogP contribution in [0, 0.1) is 11.8 Å². The van der Waals surface area contributed by atoms with Crippen molar-refractivity contribution in [3.05, 3.63) is 0 Å². The zero-order valence-electron chi connectivity index (χ0n) is 9.29. The van der Waals surface area contributed by atoms with Gasteiger partial charge in [-0.2, -0.15) is 0 Å². The number of nitrogens with zero attached hydrogens (tertiary/aromatic N) is 1. The molecule has 2 nitrogen and oxygen atoms in total. The summed E-state index contributed by atoms with van der Waals surface area (Å²) in [6, 6.07) is 0.379. The van der Waals surface area contributed by atoms with E-state index in [1.165, 1.54) is 19.4 Å². The Morgan fingerprint density at radius 3 is 2.62 bits per heavy atom. The van der Waals surface area contributed by atoms with Crippen LogP contribution >= 0.6 is 0 Å². The molecular formula is C11H24N2. The highest BCUT2D eigenvalue weighted by Gasteiger charge is 2.33. The number of rotatable bonds is 6. The van der Waals surface area contributed by atoms with Crippen LogP contribution < -0.4 is 5.73 Å². The maximum atomic E-state index is 5.97. The van der Waals surface area contributed by atoms with Gasteiger partial charge in [-0.05, 0) is 31.7 Å². The third kappa shape index (κ3) is 4.10. The van der Waals surface area contributed by atoms with E-state index >= 15 is 0 Å². The number of hydrogen-bond donors (Lipinski definition) is 1. The molecule has 0 aromatic rings. The fourth-order valence-electron chi connectivity index (χ4n) is 1.99. The fraction of sp³-hybridized carbons (Fsp3) is 1.00. The van der Waals surface area contributed by atoms with E-state index in [-0.39, 0.29) is 0 Å². The summed E-state index contributed by atoms with van der Waals surface area (Å²) in [5.41, 5.74) is 5.97. The van der Waals surface area contributed by atoms with Crippen molar-refractivity contribution >= 4 is 0 Å². The fourth-order valence-corrected chi connectivity index (χ4v) is 1.99. The van der Waals surface area contributed by atoms with E-state index < -0.39 is 0 Å². The zero-order chi connectivity index (χ0) is 9.84. The molecule has 0 spiro atoms. The average Bonchev–Trinajstić information content (AvgIpc) is 2.65. The summed E-state index contributed by atoms with van der Waals surface area (Å²) >= 11 is 0. The maximum absolute atomic E-state index is 5.97. The third-order valence-corrected chi connectivity index (χ3v) is 3.03. The minimum absolute atomic E-state index is 0.379. The Balaban J connectivity index is 2.06. The molecule has 13 heavy (non-hydrogen) atoms. The lowest BCUT2D eigenvalue weighted by molar-refractivity contribution is 0.288. The van der Waals surface area contributed by atoms with Gasteiger partial charge in [0.25, 0.3) is 0 Å². The topological polar surface area (TPSA) is 29.3 Å². The average molecular weight is 184 g/mol. The molecule has 1 saturated carbocycles. The quantitative estimate of drug-likeness (QED) is 0.681. The van der Waals surface area contributed by atoms with Crippen LogP contribution in [0.1, 0.15) is 33.1 Å². The molecule has 0 heterocycles. The standard InChI is InChI=1S/C11H24N2/c1-4-5-11(12)8-13(3)7-10-6-9(10)2/h9-11H,4-8,12H2,1-3H3. The van der Waals surface area contributed by atoms with Crippen LogP contribution in [-0.2, 0) is 0 Å². The monoisotopic (exact) mass is 184 g/mol. The largest absolute Gasteiger partial charge is 0.327 e. The molecule has 3 atom stereocenters.